The first kappa shape index (κ1) is 14.9. The molecule has 0 radical (unpaired) electrons. The van der Waals surface area contributed by atoms with E-state index >= 15 is 0 Å². The minimum atomic E-state index is -0.455. The molecule has 0 unspecified atom stereocenters. The average Bonchev–Trinajstić information content (AvgIpc) is 2.84. The fourth-order valence-electron chi connectivity index (χ4n) is 1.82. The fraction of sp³-hybridized carbons (Fsp3) is 0.231. The number of carbonyl (C=O) groups is 1. The van der Waals surface area contributed by atoms with Gasteiger partial charge in [-0.3, -0.25) is 14.9 Å². The lowest BCUT2D eigenvalue weighted by Crippen LogP contribution is -2.27. The molecule has 7 nitrogen and oxygen atoms in total. The maximum Gasteiger partial charge on any atom is 0.269 e. The van der Waals surface area contributed by atoms with Gasteiger partial charge >= 0.3 is 0 Å². The van der Waals surface area contributed by atoms with Gasteiger partial charge in [-0.2, -0.15) is 0 Å². The minimum Gasteiger partial charge on any atom is -0.375 e. The van der Waals surface area contributed by atoms with Crippen molar-refractivity contribution in [3.63, 3.8) is 0 Å². The topological polar surface area (TPSA) is 102 Å². The Morgan fingerprint density at radius 1 is 1.52 bits per heavy atom. The number of non-ortho nitro benzene ring substituents is 1. The van der Waals surface area contributed by atoms with Crippen molar-refractivity contribution < 1.29 is 9.72 Å². The normalized spacial score (nSPS) is 10.3. The Morgan fingerprint density at radius 3 is 2.90 bits per heavy atom. The van der Waals surface area contributed by atoms with E-state index < -0.39 is 4.92 Å². The number of nitrogens with zero attached hydrogens (tertiary/aromatic N) is 3. The van der Waals surface area contributed by atoms with E-state index in [1.54, 1.807) is 24.6 Å². The Bertz CT molecular complexity index is 671. The third-order valence-corrected chi connectivity index (χ3v) is 3.59. The van der Waals surface area contributed by atoms with E-state index in [2.05, 4.69) is 4.98 Å². The molecule has 0 saturated carbocycles. The Hall–Kier alpha value is -2.48. The number of hydrogen-bond donors (Lipinski definition) is 1. The molecule has 21 heavy (non-hydrogen) atoms. The summed E-state index contributed by atoms with van der Waals surface area (Å²) < 4.78 is 0. The zero-order valence-electron chi connectivity index (χ0n) is 11.4. The third kappa shape index (κ3) is 3.99. The highest BCUT2D eigenvalue weighted by Gasteiger charge is 2.13. The maximum atomic E-state index is 12.1. The summed E-state index contributed by atoms with van der Waals surface area (Å²) in [6, 6.07) is 6.23. The van der Waals surface area contributed by atoms with Crippen LogP contribution in [0, 0.1) is 10.1 Å². The number of rotatable bonds is 5. The molecule has 1 amide bonds. The van der Waals surface area contributed by atoms with Crippen LogP contribution >= 0.6 is 11.3 Å². The number of hydrogen-bond acceptors (Lipinski definition) is 6. The number of anilines is 1. The van der Waals surface area contributed by atoms with Crippen LogP contribution in [0.15, 0.2) is 29.6 Å². The lowest BCUT2D eigenvalue weighted by molar-refractivity contribution is -0.384. The third-order valence-electron chi connectivity index (χ3n) is 2.87. The van der Waals surface area contributed by atoms with Crippen molar-refractivity contribution in [3.05, 3.63) is 51.0 Å². The van der Waals surface area contributed by atoms with Gasteiger partial charge in [0.15, 0.2) is 5.13 Å². The van der Waals surface area contributed by atoms with Crippen LogP contribution in [0.5, 0.6) is 0 Å². The van der Waals surface area contributed by atoms with E-state index in [-0.39, 0.29) is 18.0 Å². The zero-order chi connectivity index (χ0) is 15.4. The second kappa shape index (κ2) is 6.31. The van der Waals surface area contributed by atoms with Crippen LogP contribution in [0.4, 0.5) is 10.8 Å². The SMILES string of the molecule is CN(Cc1cccc([N+](=O)[O-])c1)C(=O)Cc1csc(N)n1. The fourth-order valence-corrected chi connectivity index (χ4v) is 2.39. The molecule has 8 heteroatoms. The molecule has 0 bridgehead atoms. The lowest BCUT2D eigenvalue weighted by Gasteiger charge is -2.16. The number of amides is 1. The van der Waals surface area contributed by atoms with Crippen LogP contribution in [-0.4, -0.2) is 27.8 Å². The van der Waals surface area contributed by atoms with Gasteiger partial charge in [0.05, 0.1) is 17.0 Å². The Kier molecular flexibility index (Phi) is 4.49. The van der Waals surface area contributed by atoms with Gasteiger partial charge in [0.25, 0.3) is 5.69 Å². The molecular weight excluding hydrogens is 292 g/mol. The quantitative estimate of drug-likeness (QED) is 0.670. The zero-order valence-corrected chi connectivity index (χ0v) is 12.2. The van der Waals surface area contributed by atoms with Gasteiger partial charge in [0.2, 0.25) is 5.91 Å². The Balaban J connectivity index is 2.00. The van der Waals surface area contributed by atoms with Gasteiger partial charge in [0.1, 0.15) is 0 Å². The molecule has 2 N–H and O–H groups in total. The summed E-state index contributed by atoms with van der Waals surface area (Å²) in [5, 5.41) is 12.9. The molecule has 0 fully saturated rings. The molecule has 110 valence electrons. The molecule has 1 aromatic heterocycles. The summed E-state index contributed by atoms with van der Waals surface area (Å²) in [6.07, 6.45) is 0.166. The maximum absolute atomic E-state index is 12.1. The van der Waals surface area contributed by atoms with Crippen molar-refractivity contribution in [2.75, 3.05) is 12.8 Å². The van der Waals surface area contributed by atoms with Crippen LogP contribution in [0.1, 0.15) is 11.3 Å². The van der Waals surface area contributed by atoms with Gasteiger partial charge in [-0.1, -0.05) is 12.1 Å². The van der Waals surface area contributed by atoms with Crippen molar-refractivity contribution in [1.29, 1.82) is 0 Å². The van der Waals surface area contributed by atoms with Crippen molar-refractivity contribution in [3.8, 4) is 0 Å². The summed E-state index contributed by atoms with van der Waals surface area (Å²) in [4.78, 5) is 27.9. The van der Waals surface area contributed by atoms with Crippen molar-refractivity contribution in [1.82, 2.24) is 9.88 Å². The molecule has 2 aromatic rings. The van der Waals surface area contributed by atoms with Crippen LogP contribution in [-0.2, 0) is 17.8 Å². The van der Waals surface area contributed by atoms with E-state index in [1.165, 1.54) is 28.4 Å². The first-order chi connectivity index (χ1) is 9.95. The average molecular weight is 306 g/mol. The predicted octanol–water partition coefficient (Wildman–Crippen LogP) is 1.83. The number of likely N-dealkylation sites (N-methyl/N-ethyl adjacent to an activating group) is 1. The van der Waals surface area contributed by atoms with Crippen LogP contribution in [0.3, 0.4) is 0 Å². The van der Waals surface area contributed by atoms with E-state index in [1.807, 2.05) is 0 Å². The van der Waals surface area contributed by atoms with Gasteiger partial charge in [-0.15, -0.1) is 11.3 Å². The van der Waals surface area contributed by atoms with Crippen molar-refractivity contribution >= 4 is 28.1 Å². The standard InChI is InChI=1S/C13H14N4O3S/c1-16(12(18)6-10-8-21-13(14)15-10)7-9-3-2-4-11(5-9)17(19)20/h2-5,8H,6-7H2,1H3,(H2,14,15). The van der Waals surface area contributed by atoms with E-state index in [0.717, 1.165) is 0 Å². The van der Waals surface area contributed by atoms with E-state index in [9.17, 15) is 14.9 Å². The van der Waals surface area contributed by atoms with E-state index in [4.69, 9.17) is 5.73 Å². The molecule has 1 heterocycles. The van der Waals surface area contributed by atoms with Gasteiger partial charge in [-0.25, -0.2) is 4.98 Å². The number of carbonyl (C=O) groups excluding carboxylic acids is 1. The molecule has 0 saturated heterocycles. The summed E-state index contributed by atoms with van der Waals surface area (Å²) in [6.45, 7) is 0.306. The van der Waals surface area contributed by atoms with Gasteiger partial charge < -0.3 is 10.6 Å². The summed E-state index contributed by atoms with van der Waals surface area (Å²) in [5.41, 5.74) is 6.87. The molecule has 0 aliphatic rings. The van der Waals surface area contributed by atoms with Crippen LogP contribution < -0.4 is 5.73 Å². The smallest absolute Gasteiger partial charge is 0.269 e. The monoisotopic (exact) mass is 306 g/mol. The number of aromatic nitrogens is 1. The lowest BCUT2D eigenvalue weighted by atomic mass is 10.2. The Labute approximate surface area is 125 Å². The molecule has 0 aliphatic carbocycles. The van der Waals surface area contributed by atoms with Gasteiger partial charge in [-0.05, 0) is 5.56 Å². The first-order valence-electron chi connectivity index (χ1n) is 6.13. The van der Waals surface area contributed by atoms with Gasteiger partial charge in [0, 0.05) is 31.1 Å². The summed E-state index contributed by atoms with van der Waals surface area (Å²) in [7, 11) is 1.65. The minimum absolute atomic E-state index is 0.0145. The number of benzene rings is 1. The van der Waals surface area contributed by atoms with Crippen molar-refractivity contribution in [2.24, 2.45) is 0 Å². The molecule has 0 atom stereocenters. The predicted molar refractivity (Wildman–Crippen MR) is 79.8 cm³/mol. The highest BCUT2D eigenvalue weighted by molar-refractivity contribution is 7.13. The Morgan fingerprint density at radius 2 is 2.29 bits per heavy atom. The highest BCUT2D eigenvalue weighted by atomic mass is 32.1. The second-order valence-electron chi connectivity index (χ2n) is 4.53. The largest absolute Gasteiger partial charge is 0.375 e. The highest BCUT2D eigenvalue weighted by Crippen LogP contribution is 2.16. The first-order valence-corrected chi connectivity index (χ1v) is 7.01. The number of nitrogen functional groups attached to an aromatic ring is 1. The van der Waals surface area contributed by atoms with Crippen molar-refractivity contribution in [2.45, 2.75) is 13.0 Å². The number of thiazole rings is 1. The molecule has 1 aromatic carbocycles. The molecule has 2 rings (SSSR count). The molecule has 0 aliphatic heterocycles. The number of nitro benzene ring substituents is 1. The van der Waals surface area contributed by atoms with Crippen LogP contribution in [0.2, 0.25) is 0 Å². The molecule has 0 spiro atoms. The number of nitrogens with two attached hydrogens (primary N) is 1. The van der Waals surface area contributed by atoms with E-state index in [0.29, 0.717) is 22.9 Å². The summed E-state index contributed by atoms with van der Waals surface area (Å²) in [5.74, 6) is -0.119. The molecular formula is C13H14N4O3S. The summed E-state index contributed by atoms with van der Waals surface area (Å²) >= 11 is 1.29. The number of nitro groups is 1. The second-order valence-corrected chi connectivity index (χ2v) is 5.42. The van der Waals surface area contributed by atoms with Crippen LogP contribution in [0.25, 0.3) is 0 Å².